The summed E-state index contributed by atoms with van der Waals surface area (Å²) >= 11 is 0.917. The van der Waals surface area contributed by atoms with Gasteiger partial charge in [-0.05, 0) is 66.7 Å². The maximum atomic E-state index is 11.9. The zero-order valence-corrected chi connectivity index (χ0v) is 19.5. The van der Waals surface area contributed by atoms with Crippen molar-refractivity contribution in [2.75, 3.05) is 38.1 Å². The van der Waals surface area contributed by atoms with E-state index in [0.717, 1.165) is 72.1 Å². The Kier molecular flexibility index (Phi) is 5.86. The number of piperazine rings is 1. The largest absolute Gasteiger partial charge is 0.369 e. The predicted octanol–water partition coefficient (Wildman–Crippen LogP) is 3.93. The van der Waals surface area contributed by atoms with E-state index in [9.17, 15) is 9.59 Å². The monoisotopic (exact) mass is 459 g/mol. The van der Waals surface area contributed by atoms with Crippen LogP contribution in [-0.4, -0.2) is 59.2 Å². The molecular formula is C25H25N5O2S. The maximum Gasteiger partial charge on any atom is 0.290 e. The summed E-state index contributed by atoms with van der Waals surface area (Å²) in [6, 6.07) is 12.4. The van der Waals surface area contributed by atoms with Crippen LogP contribution in [0.15, 0.2) is 47.6 Å². The molecule has 0 saturated carbocycles. The van der Waals surface area contributed by atoms with Crippen LogP contribution in [0.5, 0.6) is 0 Å². The molecule has 0 radical (unpaired) electrons. The van der Waals surface area contributed by atoms with Gasteiger partial charge in [-0.15, -0.1) is 0 Å². The molecule has 2 aromatic carbocycles. The average molecular weight is 460 g/mol. The molecular weight excluding hydrogens is 434 g/mol. The van der Waals surface area contributed by atoms with Crippen molar-refractivity contribution in [1.29, 1.82) is 0 Å². The van der Waals surface area contributed by atoms with E-state index in [0.29, 0.717) is 4.91 Å². The highest BCUT2D eigenvalue weighted by Crippen LogP contribution is 2.32. The second-order valence-corrected chi connectivity index (χ2v) is 9.35. The summed E-state index contributed by atoms with van der Waals surface area (Å²) < 4.78 is 0. The molecule has 33 heavy (non-hydrogen) atoms. The van der Waals surface area contributed by atoms with E-state index < -0.39 is 0 Å². The number of nitrogens with one attached hydrogen (secondary N) is 1. The molecule has 0 atom stereocenters. The van der Waals surface area contributed by atoms with Gasteiger partial charge in [0.1, 0.15) is 6.33 Å². The molecule has 2 fully saturated rings. The number of amides is 2. The molecule has 1 aromatic heterocycles. The first kappa shape index (κ1) is 21.6. The number of carbonyl (C=O) groups excluding carboxylic acids is 2. The summed E-state index contributed by atoms with van der Waals surface area (Å²) in [6.07, 6.45) is 4.26. The van der Waals surface area contributed by atoms with Crippen molar-refractivity contribution in [2.45, 2.75) is 13.3 Å². The van der Waals surface area contributed by atoms with Crippen LogP contribution in [0, 0.1) is 0 Å². The van der Waals surface area contributed by atoms with Crippen molar-refractivity contribution < 1.29 is 9.59 Å². The van der Waals surface area contributed by atoms with Gasteiger partial charge in [0.15, 0.2) is 0 Å². The summed E-state index contributed by atoms with van der Waals surface area (Å²) in [7, 11) is 2.17. The Labute approximate surface area is 196 Å². The smallest absolute Gasteiger partial charge is 0.290 e. The number of hydrogen-bond acceptors (Lipinski definition) is 7. The van der Waals surface area contributed by atoms with Crippen LogP contribution in [-0.2, 0) is 11.2 Å². The van der Waals surface area contributed by atoms with Crippen molar-refractivity contribution >= 4 is 45.6 Å². The zero-order valence-electron chi connectivity index (χ0n) is 18.7. The lowest BCUT2D eigenvalue weighted by Crippen LogP contribution is -2.44. The van der Waals surface area contributed by atoms with E-state index in [1.807, 2.05) is 18.2 Å². The Balaban J connectivity index is 1.53. The molecule has 5 rings (SSSR count). The van der Waals surface area contributed by atoms with E-state index in [1.165, 1.54) is 11.3 Å². The molecule has 1 N–H and O–H groups in total. The second-order valence-electron chi connectivity index (χ2n) is 8.34. The number of anilines is 1. The summed E-state index contributed by atoms with van der Waals surface area (Å²) in [4.78, 5) is 37.7. The fourth-order valence-electron chi connectivity index (χ4n) is 4.34. The van der Waals surface area contributed by atoms with Crippen LogP contribution in [0.4, 0.5) is 10.5 Å². The van der Waals surface area contributed by atoms with Gasteiger partial charge in [0.2, 0.25) is 0 Å². The zero-order chi connectivity index (χ0) is 22.9. The van der Waals surface area contributed by atoms with E-state index >= 15 is 0 Å². The number of benzene rings is 2. The molecule has 0 aliphatic carbocycles. The molecule has 2 aliphatic heterocycles. The minimum Gasteiger partial charge on any atom is -0.369 e. The molecule has 0 unspecified atom stereocenters. The van der Waals surface area contributed by atoms with E-state index in [4.69, 9.17) is 0 Å². The van der Waals surface area contributed by atoms with Gasteiger partial charge in [-0.1, -0.05) is 19.1 Å². The predicted molar refractivity (Wildman–Crippen MR) is 133 cm³/mol. The quantitative estimate of drug-likeness (QED) is 0.592. The molecule has 2 aliphatic rings. The number of nitrogens with zero attached hydrogens (tertiary/aromatic N) is 4. The van der Waals surface area contributed by atoms with Gasteiger partial charge < -0.3 is 9.80 Å². The van der Waals surface area contributed by atoms with Gasteiger partial charge in [-0.25, -0.2) is 9.97 Å². The molecule has 7 nitrogen and oxygen atoms in total. The summed E-state index contributed by atoms with van der Waals surface area (Å²) in [5.74, 6) is -0.360. The Bertz CT molecular complexity index is 1280. The van der Waals surface area contributed by atoms with E-state index in [-0.39, 0.29) is 11.1 Å². The van der Waals surface area contributed by atoms with E-state index in [1.54, 1.807) is 12.4 Å². The maximum absolute atomic E-state index is 11.9. The number of likely N-dealkylation sites (N-methyl/N-ethyl adjacent to an activating group) is 1. The second kappa shape index (κ2) is 8.96. The lowest BCUT2D eigenvalue weighted by atomic mass is 9.99. The minimum absolute atomic E-state index is 0.344. The van der Waals surface area contributed by atoms with Gasteiger partial charge in [0.25, 0.3) is 11.1 Å². The number of rotatable bonds is 4. The van der Waals surface area contributed by atoms with E-state index in [2.05, 4.69) is 57.3 Å². The summed E-state index contributed by atoms with van der Waals surface area (Å²) in [6.45, 7) is 6.40. The van der Waals surface area contributed by atoms with Gasteiger partial charge in [-0.2, -0.15) is 0 Å². The van der Waals surface area contributed by atoms with Gasteiger partial charge in [-0.3, -0.25) is 14.9 Å². The highest BCUT2D eigenvalue weighted by molar-refractivity contribution is 8.18. The van der Waals surface area contributed by atoms with Gasteiger partial charge in [0.05, 0.1) is 16.1 Å². The van der Waals surface area contributed by atoms with Gasteiger partial charge in [0, 0.05) is 42.8 Å². The third-order valence-corrected chi connectivity index (χ3v) is 6.99. The average Bonchev–Trinajstić information content (AvgIpc) is 3.15. The molecule has 3 aromatic rings. The fraction of sp³-hybridized carbons (Fsp3) is 0.280. The van der Waals surface area contributed by atoms with Crippen molar-refractivity contribution in [1.82, 2.24) is 20.2 Å². The number of fused-ring (bicyclic) bond motifs is 1. The van der Waals surface area contributed by atoms with Crippen LogP contribution < -0.4 is 10.2 Å². The van der Waals surface area contributed by atoms with Gasteiger partial charge >= 0.3 is 0 Å². The fourth-order valence-corrected chi connectivity index (χ4v) is 5.02. The Hall–Kier alpha value is -3.23. The number of imide groups is 1. The normalized spacial score (nSPS) is 18.4. The Morgan fingerprint density at radius 1 is 1.06 bits per heavy atom. The third-order valence-electron chi connectivity index (χ3n) is 6.18. The van der Waals surface area contributed by atoms with Crippen molar-refractivity contribution in [3.05, 3.63) is 58.8 Å². The standard InChI is InChI=1S/C25H25N5O2S/c1-3-17-14-18(5-7-21(17)30-10-8-29(2)9-11-30)23-19-12-16(4-6-20(19)26-15-27-23)13-22-24(31)28-25(32)33-22/h4-7,12-15H,3,8-11H2,1-2H3,(H,28,31,32)/b22-13-. The summed E-state index contributed by atoms with van der Waals surface area (Å²) in [5, 5.41) is 2.86. The number of aryl methyl sites for hydroxylation is 1. The SMILES string of the molecule is CCc1cc(-c2ncnc3ccc(/C=C4\SC(=O)NC4=O)cc23)ccc1N1CCN(C)CC1. The van der Waals surface area contributed by atoms with Crippen LogP contribution in [0.2, 0.25) is 0 Å². The topological polar surface area (TPSA) is 78.4 Å². The van der Waals surface area contributed by atoms with Crippen molar-refractivity contribution in [2.24, 2.45) is 0 Å². The van der Waals surface area contributed by atoms with Crippen LogP contribution in [0.3, 0.4) is 0 Å². The number of thioether (sulfide) groups is 1. The lowest BCUT2D eigenvalue weighted by Gasteiger charge is -2.35. The van der Waals surface area contributed by atoms with Crippen LogP contribution in [0.25, 0.3) is 28.2 Å². The highest BCUT2D eigenvalue weighted by atomic mass is 32.2. The number of hydrogen-bond donors (Lipinski definition) is 1. The highest BCUT2D eigenvalue weighted by Gasteiger charge is 2.25. The first-order valence-electron chi connectivity index (χ1n) is 11.1. The molecule has 168 valence electrons. The third kappa shape index (κ3) is 4.36. The molecule has 3 heterocycles. The molecule has 8 heteroatoms. The first-order chi connectivity index (χ1) is 16.0. The number of aromatic nitrogens is 2. The molecule has 2 amide bonds. The number of carbonyl (C=O) groups is 2. The Morgan fingerprint density at radius 2 is 1.88 bits per heavy atom. The Morgan fingerprint density at radius 3 is 2.61 bits per heavy atom. The minimum atomic E-state index is -0.360. The molecule has 0 bridgehead atoms. The van der Waals surface area contributed by atoms with Crippen molar-refractivity contribution in [3.63, 3.8) is 0 Å². The van der Waals surface area contributed by atoms with Crippen molar-refractivity contribution in [3.8, 4) is 11.3 Å². The lowest BCUT2D eigenvalue weighted by molar-refractivity contribution is -0.115. The molecule has 0 spiro atoms. The van der Waals surface area contributed by atoms with Crippen LogP contribution in [0.1, 0.15) is 18.1 Å². The first-order valence-corrected chi connectivity index (χ1v) is 11.9. The van der Waals surface area contributed by atoms with Crippen LogP contribution >= 0.6 is 11.8 Å². The molecule has 2 saturated heterocycles. The summed E-state index contributed by atoms with van der Waals surface area (Å²) in [5.41, 5.74) is 6.18.